The summed E-state index contributed by atoms with van der Waals surface area (Å²) < 4.78 is 33.6. The van der Waals surface area contributed by atoms with Crippen LogP contribution in [0.5, 0.6) is 0 Å². The van der Waals surface area contributed by atoms with Gasteiger partial charge in [-0.25, -0.2) is 18.1 Å². The van der Waals surface area contributed by atoms with E-state index in [2.05, 4.69) is 19.9 Å². The Kier molecular flexibility index (Phi) is 14.2. The molecule has 1 saturated heterocycles. The van der Waals surface area contributed by atoms with Gasteiger partial charge in [0, 0.05) is 37.2 Å². The number of ether oxygens (including phenoxy) is 1. The van der Waals surface area contributed by atoms with Crippen LogP contribution in [0.15, 0.2) is 29.6 Å². The molecule has 5 atom stereocenters. The first-order valence-electron chi connectivity index (χ1n) is 16.4. The van der Waals surface area contributed by atoms with Gasteiger partial charge in [-0.1, -0.05) is 52.7 Å². The Hall–Kier alpha value is -3.07. The van der Waals surface area contributed by atoms with Gasteiger partial charge in [0.25, 0.3) is 5.91 Å². The van der Waals surface area contributed by atoms with Crippen molar-refractivity contribution in [3.8, 4) is 0 Å². The van der Waals surface area contributed by atoms with E-state index in [9.17, 15) is 22.8 Å². The molecule has 1 aromatic heterocycles. The zero-order chi connectivity index (χ0) is 34.9. The number of nitrogens with one attached hydrogen (secondary N) is 2. The third-order valence-electron chi connectivity index (χ3n) is 8.90. The molecule has 12 nitrogen and oxygen atoms in total. The summed E-state index contributed by atoms with van der Waals surface area (Å²) in [4.78, 5) is 48.6. The fourth-order valence-corrected chi connectivity index (χ4v) is 7.81. The second kappa shape index (κ2) is 17.4. The van der Waals surface area contributed by atoms with Crippen molar-refractivity contribution < 1.29 is 27.5 Å². The Morgan fingerprint density at radius 3 is 2.43 bits per heavy atom. The van der Waals surface area contributed by atoms with Crippen LogP contribution >= 0.6 is 11.3 Å². The first kappa shape index (κ1) is 38.4. The molecule has 1 aliphatic heterocycles. The van der Waals surface area contributed by atoms with Gasteiger partial charge in [0.05, 0.1) is 11.8 Å². The minimum absolute atomic E-state index is 0.0332. The molecule has 47 heavy (non-hydrogen) atoms. The highest BCUT2D eigenvalue weighted by Crippen LogP contribution is 2.31. The Morgan fingerprint density at radius 1 is 1.15 bits per heavy atom. The summed E-state index contributed by atoms with van der Waals surface area (Å²) in [7, 11) is -0.276. The summed E-state index contributed by atoms with van der Waals surface area (Å²) in [5, 5.41) is 5.10. The number of rotatable bonds is 16. The predicted molar refractivity (Wildman–Crippen MR) is 185 cm³/mol. The van der Waals surface area contributed by atoms with Crippen LogP contribution in [-0.4, -0.2) is 86.3 Å². The molecule has 14 heteroatoms. The topological polar surface area (TPSA) is 164 Å². The van der Waals surface area contributed by atoms with Gasteiger partial charge in [-0.15, -0.1) is 11.3 Å². The first-order valence-corrected chi connectivity index (χ1v) is 18.9. The number of aromatic nitrogens is 1. The number of benzene rings is 1. The number of sulfonamides is 1. The number of amides is 3. The molecule has 262 valence electrons. The standard InChI is InChI=1S/C33H52N6O6S2/c1-8-22(5)29(36-31(41)26-12-10-11-17-38(26)6)33(42)39(7)27(21(3)4)18-28(45-9-2)32-35-25(19-46-32)30(40)37-47(43,44)20-23-13-15-24(34)16-14-23/h13-16,19,21-22,26-29H,8-12,17-18,20,34H2,1-7H3,(H,36,41)(H,37,40)/t22-,26+,27+,28+,29-/m0/s1. The third kappa shape index (κ3) is 10.7. The number of nitrogen functional groups attached to an aromatic ring is 1. The Balaban J connectivity index is 1.75. The maximum Gasteiger partial charge on any atom is 0.284 e. The number of carbonyl (C=O) groups excluding carboxylic acids is 3. The van der Waals surface area contributed by atoms with Crippen molar-refractivity contribution in [1.29, 1.82) is 0 Å². The number of likely N-dealkylation sites (N-methyl/N-ethyl adjacent to an activating group) is 2. The zero-order valence-electron chi connectivity index (χ0n) is 28.7. The second-order valence-corrected chi connectivity index (χ2v) is 15.4. The normalized spacial score (nSPS) is 18.3. The lowest BCUT2D eigenvalue weighted by molar-refractivity contribution is -0.141. The van der Waals surface area contributed by atoms with Crippen LogP contribution in [0, 0.1) is 11.8 Å². The van der Waals surface area contributed by atoms with Crippen LogP contribution in [-0.2, 0) is 30.1 Å². The predicted octanol–water partition coefficient (Wildman–Crippen LogP) is 3.95. The van der Waals surface area contributed by atoms with E-state index in [1.807, 2.05) is 41.7 Å². The molecule has 0 saturated carbocycles. The van der Waals surface area contributed by atoms with E-state index in [-0.39, 0.29) is 47.2 Å². The summed E-state index contributed by atoms with van der Waals surface area (Å²) in [6, 6.07) is 5.17. The number of carbonyl (C=O) groups is 3. The van der Waals surface area contributed by atoms with E-state index in [4.69, 9.17) is 10.5 Å². The van der Waals surface area contributed by atoms with Gasteiger partial charge in [0.2, 0.25) is 21.8 Å². The number of hydrogen-bond donors (Lipinski definition) is 3. The van der Waals surface area contributed by atoms with Crippen LogP contribution in [0.25, 0.3) is 0 Å². The number of nitrogens with two attached hydrogens (primary N) is 1. The highest BCUT2D eigenvalue weighted by atomic mass is 32.2. The van der Waals surface area contributed by atoms with Crippen molar-refractivity contribution >= 4 is 44.8 Å². The summed E-state index contributed by atoms with van der Waals surface area (Å²) in [5.74, 6) is -1.53. The van der Waals surface area contributed by atoms with E-state index in [1.54, 1.807) is 36.2 Å². The van der Waals surface area contributed by atoms with Crippen LogP contribution in [0.1, 0.15) is 93.9 Å². The number of likely N-dealkylation sites (tertiary alicyclic amines) is 1. The lowest BCUT2D eigenvalue weighted by atomic mass is 9.92. The molecule has 4 N–H and O–H groups in total. The van der Waals surface area contributed by atoms with Gasteiger partial charge < -0.3 is 20.7 Å². The molecular formula is C33H52N6O6S2. The first-order chi connectivity index (χ1) is 22.2. The van der Waals surface area contributed by atoms with Crippen molar-refractivity contribution in [1.82, 2.24) is 24.8 Å². The number of nitrogens with zero attached hydrogens (tertiary/aromatic N) is 3. The molecule has 0 aliphatic carbocycles. The highest BCUT2D eigenvalue weighted by molar-refractivity contribution is 7.89. The van der Waals surface area contributed by atoms with Gasteiger partial charge in [0.15, 0.2) is 0 Å². The van der Waals surface area contributed by atoms with Crippen molar-refractivity contribution in [2.75, 3.05) is 33.0 Å². The monoisotopic (exact) mass is 692 g/mol. The van der Waals surface area contributed by atoms with Crippen molar-refractivity contribution in [3.05, 3.63) is 45.9 Å². The molecular weight excluding hydrogens is 641 g/mol. The van der Waals surface area contributed by atoms with Gasteiger partial charge in [-0.3, -0.25) is 19.3 Å². The highest BCUT2D eigenvalue weighted by Gasteiger charge is 2.37. The maximum absolute atomic E-state index is 14.1. The summed E-state index contributed by atoms with van der Waals surface area (Å²) >= 11 is 1.20. The van der Waals surface area contributed by atoms with E-state index >= 15 is 0 Å². The molecule has 1 aromatic carbocycles. The third-order valence-corrected chi connectivity index (χ3v) is 11.0. The number of piperidine rings is 1. The van der Waals surface area contributed by atoms with Gasteiger partial charge in [0.1, 0.15) is 22.8 Å². The second-order valence-electron chi connectivity index (χ2n) is 12.8. The molecule has 3 amide bonds. The van der Waals surface area contributed by atoms with E-state index in [0.29, 0.717) is 29.3 Å². The number of thiazole rings is 1. The smallest absolute Gasteiger partial charge is 0.284 e. The Morgan fingerprint density at radius 2 is 1.83 bits per heavy atom. The molecule has 2 heterocycles. The van der Waals surface area contributed by atoms with Gasteiger partial charge in [-0.2, -0.15) is 0 Å². The largest absolute Gasteiger partial charge is 0.399 e. The molecule has 1 aliphatic rings. The summed E-state index contributed by atoms with van der Waals surface area (Å²) in [5.41, 5.74) is 6.64. The van der Waals surface area contributed by atoms with Crippen LogP contribution in [0.4, 0.5) is 5.69 Å². The number of hydrogen-bond acceptors (Lipinski definition) is 10. The summed E-state index contributed by atoms with van der Waals surface area (Å²) in [6.45, 7) is 11.1. The van der Waals surface area contributed by atoms with E-state index in [0.717, 1.165) is 32.2 Å². The van der Waals surface area contributed by atoms with E-state index < -0.39 is 28.1 Å². The summed E-state index contributed by atoms with van der Waals surface area (Å²) in [6.07, 6.45) is 3.38. The molecule has 0 radical (unpaired) electrons. The minimum atomic E-state index is -3.99. The maximum atomic E-state index is 14.1. The molecule has 1 fully saturated rings. The molecule has 0 spiro atoms. The average molecular weight is 693 g/mol. The Labute approximate surface area is 283 Å². The lowest BCUT2D eigenvalue weighted by Crippen LogP contribution is -2.58. The van der Waals surface area contributed by atoms with Crippen molar-refractivity contribution in [3.63, 3.8) is 0 Å². The zero-order valence-corrected chi connectivity index (χ0v) is 30.3. The molecule has 3 rings (SSSR count). The Bertz CT molecular complexity index is 1450. The SMILES string of the molecule is CCO[C@H](C[C@H](C(C)C)N(C)C(=O)[C@@H](NC(=O)[C@H]1CCCCN1C)[C@@H](C)CC)c1nc(C(=O)NS(=O)(=O)Cc2ccc(N)cc2)cs1. The fraction of sp³-hybridized carbons (Fsp3) is 0.636. The van der Waals surface area contributed by atoms with E-state index in [1.165, 1.54) is 16.7 Å². The van der Waals surface area contributed by atoms with Gasteiger partial charge >= 0.3 is 0 Å². The van der Waals surface area contributed by atoms with Crippen LogP contribution < -0.4 is 15.8 Å². The van der Waals surface area contributed by atoms with Crippen LogP contribution in [0.2, 0.25) is 0 Å². The molecule has 0 bridgehead atoms. The quantitative estimate of drug-likeness (QED) is 0.221. The average Bonchev–Trinajstić information content (AvgIpc) is 3.52. The molecule has 0 unspecified atom stereocenters. The number of anilines is 1. The minimum Gasteiger partial charge on any atom is -0.399 e. The fourth-order valence-electron chi connectivity index (χ4n) is 5.86. The van der Waals surface area contributed by atoms with Gasteiger partial charge in [-0.05, 0) is 62.9 Å². The lowest BCUT2D eigenvalue weighted by Gasteiger charge is -2.38. The van der Waals surface area contributed by atoms with Crippen molar-refractivity contribution in [2.45, 2.75) is 96.7 Å². The van der Waals surface area contributed by atoms with Crippen LogP contribution in [0.3, 0.4) is 0 Å². The molecule has 2 aromatic rings. The van der Waals surface area contributed by atoms with Crippen molar-refractivity contribution in [2.24, 2.45) is 11.8 Å².